The third-order valence-electron chi connectivity index (χ3n) is 3.69. The number of hydrogen-bond donors (Lipinski definition) is 2. The Bertz CT molecular complexity index is 667. The highest BCUT2D eigenvalue weighted by atomic mass is 16.5. The Labute approximate surface area is 134 Å². The third-order valence-corrected chi connectivity index (χ3v) is 3.69. The summed E-state index contributed by atoms with van der Waals surface area (Å²) >= 11 is 0. The minimum Gasteiger partial charge on any atom is -0.504 e. The summed E-state index contributed by atoms with van der Waals surface area (Å²) in [7, 11) is 0. The van der Waals surface area contributed by atoms with E-state index in [1.165, 1.54) is 18.9 Å². The Balaban J connectivity index is 1.52. The van der Waals surface area contributed by atoms with Crippen molar-refractivity contribution in [3.8, 4) is 11.5 Å². The first-order valence-corrected chi connectivity index (χ1v) is 7.64. The third kappa shape index (κ3) is 3.91. The highest BCUT2D eigenvalue weighted by Crippen LogP contribution is 2.24. The Morgan fingerprint density at radius 3 is 2.70 bits per heavy atom. The van der Waals surface area contributed by atoms with Crippen LogP contribution in [0.5, 0.6) is 11.5 Å². The van der Waals surface area contributed by atoms with Crippen molar-refractivity contribution in [3.05, 3.63) is 42.6 Å². The van der Waals surface area contributed by atoms with Gasteiger partial charge in [-0.15, -0.1) is 0 Å². The number of aromatic hydroxyl groups is 1. The normalized spacial score (nSPS) is 13.8. The molecule has 23 heavy (non-hydrogen) atoms. The molecule has 1 aliphatic heterocycles. The lowest BCUT2D eigenvalue weighted by atomic mass is 10.3. The number of carbonyl (C=O) groups is 1. The molecule has 0 unspecified atom stereocenters. The first kappa shape index (κ1) is 15.1. The van der Waals surface area contributed by atoms with Gasteiger partial charge in [-0.2, -0.15) is 0 Å². The molecule has 0 radical (unpaired) electrons. The second-order valence-corrected chi connectivity index (χ2v) is 5.40. The lowest BCUT2D eigenvalue weighted by Crippen LogP contribution is -2.21. The first-order chi connectivity index (χ1) is 11.2. The van der Waals surface area contributed by atoms with Crippen molar-refractivity contribution in [2.24, 2.45) is 0 Å². The molecule has 0 atom stereocenters. The average molecular weight is 313 g/mol. The summed E-state index contributed by atoms with van der Waals surface area (Å²) in [5.74, 6) is 0.928. The Morgan fingerprint density at radius 2 is 2.00 bits per heavy atom. The van der Waals surface area contributed by atoms with E-state index in [0.29, 0.717) is 5.69 Å². The van der Waals surface area contributed by atoms with Crippen molar-refractivity contribution in [1.29, 1.82) is 0 Å². The largest absolute Gasteiger partial charge is 0.504 e. The van der Waals surface area contributed by atoms with Crippen LogP contribution < -0.4 is 15.0 Å². The van der Waals surface area contributed by atoms with Crippen molar-refractivity contribution >= 4 is 17.4 Å². The number of rotatable bonds is 5. The van der Waals surface area contributed by atoms with E-state index in [4.69, 9.17) is 4.74 Å². The second kappa shape index (κ2) is 7.00. The van der Waals surface area contributed by atoms with Gasteiger partial charge in [0.25, 0.3) is 5.91 Å². The Kier molecular flexibility index (Phi) is 4.61. The molecule has 2 N–H and O–H groups in total. The molecular formula is C17H19N3O3. The van der Waals surface area contributed by atoms with Crippen LogP contribution in [0.1, 0.15) is 12.8 Å². The molecule has 0 saturated carbocycles. The molecule has 1 amide bonds. The number of carbonyl (C=O) groups excluding carboxylic acids is 1. The van der Waals surface area contributed by atoms with Gasteiger partial charge in [-0.05, 0) is 37.1 Å². The van der Waals surface area contributed by atoms with E-state index in [1.54, 1.807) is 24.4 Å². The maximum absolute atomic E-state index is 11.9. The lowest BCUT2D eigenvalue weighted by molar-refractivity contribution is -0.118. The van der Waals surface area contributed by atoms with Crippen molar-refractivity contribution in [3.63, 3.8) is 0 Å². The molecular weight excluding hydrogens is 294 g/mol. The molecule has 1 saturated heterocycles. The number of para-hydroxylation sites is 2. The number of phenols is 1. The van der Waals surface area contributed by atoms with Crippen molar-refractivity contribution in [2.45, 2.75) is 12.8 Å². The van der Waals surface area contributed by atoms with E-state index in [2.05, 4.69) is 15.2 Å². The van der Waals surface area contributed by atoms with E-state index in [-0.39, 0.29) is 24.0 Å². The zero-order chi connectivity index (χ0) is 16.1. The van der Waals surface area contributed by atoms with Crippen LogP contribution >= 0.6 is 0 Å². The van der Waals surface area contributed by atoms with Crippen LogP contribution in [0.15, 0.2) is 42.6 Å². The van der Waals surface area contributed by atoms with Crippen LogP contribution in [0, 0.1) is 0 Å². The van der Waals surface area contributed by atoms with Crippen LogP contribution in [-0.4, -0.2) is 35.7 Å². The van der Waals surface area contributed by atoms with Gasteiger partial charge < -0.3 is 20.1 Å². The summed E-state index contributed by atoms with van der Waals surface area (Å²) in [4.78, 5) is 18.5. The smallest absolute Gasteiger partial charge is 0.262 e. The number of benzene rings is 1. The number of hydrogen-bond acceptors (Lipinski definition) is 5. The standard InChI is InChI=1S/C17H19N3O3/c21-14-5-1-2-6-15(14)23-12-17(22)19-13-7-8-16(18-11-13)20-9-3-4-10-20/h1-2,5-8,11,21H,3-4,9-10,12H2,(H,19,22). The van der Waals surface area contributed by atoms with Gasteiger partial charge in [0.2, 0.25) is 0 Å². The molecule has 0 bridgehead atoms. The Morgan fingerprint density at radius 1 is 1.22 bits per heavy atom. The van der Waals surface area contributed by atoms with Gasteiger partial charge in [0, 0.05) is 13.1 Å². The minimum absolute atomic E-state index is 0.0110. The Hall–Kier alpha value is -2.76. The summed E-state index contributed by atoms with van der Waals surface area (Å²) in [5.41, 5.74) is 0.624. The zero-order valence-corrected chi connectivity index (χ0v) is 12.7. The molecule has 0 aliphatic carbocycles. The van der Waals surface area contributed by atoms with E-state index in [1.807, 2.05) is 12.1 Å². The fourth-order valence-corrected chi connectivity index (χ4v) is 2.51. The number of phenolic OH excluding ortho intramolecular Hbond substituents is 1. The van der Waals surface area contributed by atoms with Gasteiger partial charge in [-0.1, -0.05) is 12.1 Å². The quantitative estimate of drug-likeness (QED) is 0.886. The predicted molar refractivity (Wildman–Crippen MR) is 87.9 cm³/mol. The topological polar surface area (TPSA) is 74.7 Å². The van der Waals surface area contributed by atoms with Gasteiger partial charge in [0.15, 0.2) is 18.1 Å². The molecule has 1 aliphatic rings. The second-order valence-electron chi connectivity index (χ2n) is 5.40. The molecule has 3 rings (SSSR count). The highest BCUT2D eigenvalue weighted by molar-refractivity contribution is 5.91. The van der Waals surface area contributed by atoms with Crippen LogP contribution in [0.3, 0.4) is 0 Å². The molecule has 1 fully saturated rings. The van der Waals surface area contributed by atoms with Gasteiger partial charge in [-0.25, -0.2) is 4.98 Å². The van der Waals surface area contributed by atoms with Gasteiger partial charge in [0.1, 0.15) is 5.82 Å². The fraction of sp³-hybridized carbons (Fsp3) is 0.294. The number of ether oxygens (including phenoxy) is 1. The number of nitrogens with zero attached hydrogens (tertiary/aromatic N) is 2. The van der Waals surface area contributed by atoms with E-state index >= 15 is 0 Å². The molecule has 0 spiro atoms. The minimum atomic E-state index is -0.302. The van der Waals surface area contributed by atoms with Crippen molar-refractivity contribution in [1.82, 2.24) is 4.98 Å². The number of nitrogens with one attached hydrogen (secondary N) is 1. The molecule has 6 heteroatoms. The fourth-order valence-electron chi connectivity index (χ4n) is 2.51. The number of pyridine rings is 1. The maximum atomic E-state index is 11.9. The predicted octanol–water partition coefficient (Wildman–Crippen LogP) is 2.40. The van der Waals surface area contributed by atoms with Crippen molar-refractivity contribution in [2.75, 3.05) is 29.9 Å². The van der Waals surface area contributed by atoms with Gasteiger partial charge >= 0.3 is 0 Å². The lowest BCUT2D eigenvalue weighted by Gasteiger charge is -2.16. The van der Waals surface area contributed by atoms with Gasteiger partial charge in [0.05, 0.1) is 11.9 Å². The highest BCUT2D eigenvalue weighted by Gasteiger charge is 2.13. The summed E-state index contributed by atoms with van der Waals surface area (Å²) in [5, 5.41) is 12.3. The molecule has 1 aromatic carbocycles. The van der Waals surface area contributed by atoms with Crippen LogP contribution in [0.4, 0.5) is 11.5 Å². The van der Waals surface area contributed by atoms with Crippen LogP contribution in [-0.2, 0) is 4.79 Å². The molecule has 6 nitrogen and oxygen atoms in total. The summed E-state index contributed by atoms with van der Waals surface area (Å²) in [6.07, 6.45) is 4.04. The SMILES string of the molecule is O=C(COc1ccccc1O)Nc1ccc(N2CCCC2)nc1. The summed E-state index contributed by atoms with van der Waals surface area (Å²) < 4.78 is 5.29. The van der Waals surface area contributed by atoms with E-state index in [0.717, 1.165) is 18.9 Å². The summed E-state index contributed by atoms with van der Waals surface area (Å²) in [6.45, 7) is 1.89. The number of aromatic nitrogens is 1. The zero-order valence-electron chi connectivity index (χ0n) is 12.7. The van der Waals surface area contributed by atoms with E-state index in [9.17, 15) is 9.90 Å². The molecule has 2 aromatic rings. The molecule has 1 aromatic heterocycles. The van der Waals surface area contributed by atoms with Crippen molar-refractivity contribution < 1.29 is 14.6 Å². The number of amides is 1. The average Bonchev–Trinajstić information content (AvgIpc) is 3.09. The number of anilines is 2. The summed E-state index contributed by atoms with van der Waals surface area (Å²) in [6, 6.07) is 10.3. The van der Waals surface area contributed by atoms with E-state index < -0.39 is 0 Å². The molecule has 120 valence electrons. The van der Waals surface area contributed by atoms with Crippen LogP contribution in [0.2, 0.25) is 0 Å². The van der Waals surface area contributed by atoms with Gasteiger partial charge in [-0.3, -0.25) is 4.79 Å². The van der Waals surface area contributed by atoms with Crippen LogP contribution in [0.25, 0.3) is 0 Å². The maximum Gasteiger partial charge on any atom is 0.262 e. The monoisotopic (exact) mass is 313 g/mol. The first-order valence-electron chi connectivity index (χ1n) is 7.64. The molecule has 2 heterocycles.